The summed E-state index contributed by atoms with van der Waals surface area (Å²) in [6, 6.07) is 13.0. The number of rotatable bonds is 4. The van der Waals surface area contributed by atoms with Gasteiger partial charge in [-0.1, -0.05) is 32.4 Å². The molecule has 1 aliphatic heterocycles. The Hall–Kier alpha value is -2.90. The number of nitrogens with two attached hydrogens (primary N) is 1. The molecule has 3 aromatic rings. The van der Waals surface area contributed by atoms with Crippen LogP contribution in [0, 0.1) is 11.2 Å². The number of carbonyl (C=O) groups excluding carboxylic acids is 1. The van der Waals surface area contributed by atoms with Crippen LogP contribution in [-0.2, 0) is 17.9 Å². The van der Waals surface area contributed by atoms with E-state index in [-0.39, 0.29) is 17.1 Å². The van der Waals surface area contributed by atoms with Crippen molar-refractivity contribution in [1.82, 2.24) is 14.5 Å². The zero-order valence-electron chi connectivity index (χ0n) is 18.4. The highest BCUT2D eigenvalue weighted by Gasteiger charge is 2.34. The van der Waals surface area contributed by atoms with E-state index in [0.717, 1.165) is 22.9 Å². The van der Waals surface area contributed by atoms with Crippen molar-refractivity contribution in [1.29, 1.82) is 0 Å². The van der Waals surface area contributed by atoms with Crippen LogP contribution in [0.15, 0.2) is 48.5 Å². The Kier molecular flexibility index (Phi) is 5.97. The molecule has 168 valence electrons. The van der Waals surface area contributed by atoms with Gasteiger partial charge in [-0.15, -0.1) is 0 Å². The van der Waals surface area contributed by atoms with Crippen molar-refractivity contribution in [3.05, 3.63) is 65.2 Å². The average molecular weight is 456 g/mol. The third-order valence-electron chi connectivity index (χ3n) is 5.71. The van der Waals surface area contributed by atoms with Gasteiger partial charge >= 0.3 is 0 Å². The zero-order valence-corrected chi connectivity index (χ0v) is 19.2. The van der Waals surface area contributed by atoms with Gasteiger partial charge in [0.25, 0.3) is 0 Å². The number of nitrogens with one attached hydrogen (secondary N) is 1. The third-order valence-corrected chi connectivity index (χ3v) is 5.96. The van der Waals surface area contributed by atoms with Gasteiger partial charge < -0.3 is 20.5 Å². The molecule has 0 saturated carbocycles. The summed E-state index contributed by atoms with van der Waals surface area (Å²) < 4.78 is 15.6. The van der Waals surface area contributed by atoms with Crippen LogP contribution in [0.1, 0.15) is 26.6 Å². The van der Waals surface area contributed by atoms with E-state index in [4.69, 9.17) is 22.3 Å². The summed E-state index contributed by atoms with van der Waals surface area (Å²) in [4.78, 5) is 19.6. The maximum absolute atomic E-state index is 13.5. The lowest BCUT2D eigenvalue weighted by atomic mass is 9.86. The van der Waals surface area contributed by atoms with Crippen LogP contribution < -0.4 is 11.1 Å². The normalized spacial score (nSPS) is 14.8. The van der Waals surface area contributed by atoms with E-state index in [1.54, 1.807) is 17.0 Å². The number of fused-ring (bicyclic) bond motifs is 1. The second-order valence-corrected chi connectivity index (χ2v) is 9.56. The van der Waals surface area contributed by atoms with Crippen LogP contribution in [0.5, 0.6) is 0 Å². The number of hydrogen-bond donors (Lipinski definition) is 2. The van der Waals surface area contributed by atoms with E-state index in [1.165, 1.54) is 12.1 Å². The molecular weight excluding hydrogens is 429 g/mol. The second kappa shape index (κ2) is 8.56. The molecule has 3 N–H and O–H groups in total. The van der Waals surface area contributed by atoms with E-state index in [2.05, 4.69) is 9.88 Å². The first-order chi connectivity index (χ1) is 15.1. The Bertz CT molecular complexity index is 1120. The SMILES string of the molecule is CC(C)(C)[C@H](N)C(=O)N1CCn2c(nc(-c3ccc(F)cc3)c2Nc2ccc(Cl)cc2)C1. The molecule has 0 fully saturated rings. The molecule has 1 aromatic heterocycles. The standard InChI is InChI=1S/C24H27ClFN5O/c1-24(2,3)21(27)23(32)30-12-13-31-19(14-30)29-20(15-4-8-17(26)9-5-15)22(31)28-18-10-6-16(25)7-11-18/h4-11,21,28H,12-14,27H2,1-3H3/t21-/m1/s1. The number of benzene rings is 2. The Morgan fingerprint density at radius 2 is 1.78 bits per heavy atom. The summed E-state index contributed by atoms with van der Waals surface area (Å²) in [6.45, 7) is 7.34. The topological polar surface area (TPSA) is 76.2 Å². The highest BCUT2D eigenvalue weighted by atomic mass is 35.5. The van der Waals surface area contributed by atoms with Crippen molar-refractivity contribution in [3.8, 4) is 11.3 Å². The van der Waals surface area contributed by atoms with E-state index in [1.807, 2.05) is 45.0 Å². The molecule has 0 radical (unpaired) electrons. The molecule has 32 heavy (non-hydrogen) atoms. The molecule has 0 unspecified atom stereocenters. The largest absolute Gasteiger partial charge is 0.340 e. The Labute approximate surface area is 192 Å². The first-order valence-corrected chi connectivity index (χ1v) is 10.9. The first-order valence-electron chi connectivity index (χ1n) is 10.6. The molecule has 2 aromatic carbocycles. The fourth-order valence-corrected chi connectivity index (χ4v) is 3.82. The van der Waals surface area contributed by atoms with Gasteiger partial charge in [0, 0.05) is 29.4 Å². The minimum atomic E-state index is -0.591. The summed E-state index contributed by atoms with van der Waals surface area (Å²) in [5, 5.41) is 4.08. The lowest BCUT2D eigenvalue weighted by Crippen LogP contribution is -2.52. The predicted octanol–water partition coefficient (Wildman–Crippen LogP) is 4.80. The quantitative estimate of drug-likeness (QED) is 0.592. The molecule has 0 aliphatic carbocycles. The lowest BCUT2D eigenvalue weighted by Gasteiger charge is -2.34. The van der Waals surface area contributed by atoms with Gasteiger partial charge in [-0.05, 0) is 53.9 Å². The van der Waals surface area contributed by atoms with E-state index in [0.29, 0.717) is 30.4 Å². The number of halogens is 2. The van der Waals surface area contributed by atoms with Gasteiger partial charge in [-0.25, -0.2) is 9.37 Å². The maximum Gasteiger partial charge on any atom is 0.240 e. The third kappa shape index (κ3) is 4.49. The van der Waals surface area contributed by atoms with Crippen LogP contribution in [0.3, 0.4) is 0 Å². The fraction of sp³-hybridized carbons (Fsp3) is 0.333. The van der Waals surface area contributed by atoms with Gasteiger partial charge in [-0.3, -0.25) is 4.79 Å². The molecule has 2 heterocycles. The fourth-order valence-electron chi connectivity index (χ4n) is 3.69. The van der Waals surface area contributed by atoms with Gasteiger partial charge in [0.2, 0.25) is 5.91 Å². The molecular formula is C24H27ClFN5O. The van der Waals surface area contributed by atoms with Crippen molar-refractivity contribution in [3.63, 3.8) is 0 Å². The minimum Gasteiger partial charge on any atom is -0.340 e. The molecule has 0 spiro atoms. The van der Waals surface area contributed by atoms with Crippen molar-refractivity contribution >= 4 is 29.0 Å². The maximum atomic E-state index is 13.5. The number of hydrogen-bond acceptors (Lipinski definition) is 4. The number of imidazole rings is 1. The van der Waals surface area contributed by atoms with Crippen molar-refractivity contribution in [2.45, 2.75) is 39.9 Å². The summed E-state index contributed by atoms with van der Waals surface area (Å²) in [6.07, 6.45) is 0. The summed E-state index contributed by atoms with van der Waals surface area (Å²) in [5.74, 6) is 1.16. The van der Waals surface area contributed by atoms with Gasteiger partial charge in [0.1, 0.15) is 23.2 Å². The molecule has 0 bridgehead atoms. The molecule has 6 nitrogen and oxygen atoms in total. The Morgan fingerprint density at radius 1 is 1.12 bits per heavy atom. The van der Waals surface area contributed by atoms with Crippen LogP contribution in [-0.4, -0.2) is 32.9 Å². The summed E-state index contributed by atoms with van der Waals surface area (Å²) in [5.41, 5.74) is 8.23. The van der Waals surface area contributed by atoms with Crippen LogP contribution >= 0.6 is 11.6 Å². The molecule has 1 aliphatic rings. The molecule has 0 saturated heterocycles. The number of anilines is 2. The molecule has 1 atom stereocenters. The summed E-state index contributed by atoms with van der Waals surface area (Å²) in [7, 11) is 0. The smallest absolute Gasteiger partial charge is 0.240 e. The zero-order chi connectivity index (χ0) is 23.0. The predicted molar refractivity (Wildman–Crippen MR) is 125 cm³/mol. The highest BCUT2D eigenvalue weighted by molar-refractivity contribution is 6.30. The summed E-state index contributed by atoms with van der Waals surface area (Å²) >= 11 is 6.03. The van der Waals surface area contributed by atoms with Crippen molar-refractivity contribution < 1.29 is 9.18 Å². The number of carbonyl (C=O) groups is 1. The Morgan fingerprint density at radius 3 is 2.41 bits per heavy atom. The number of nitrogens with zero attached hydrogens (tertiary/aromatic N) is 3. The average Bonchev–Trinajstić information content (AvgIpc) is 3.11. The monoisotopic (exact) mass is 455 g/mol. The number of aromatic nitrogens is 2. The molecule has 4 rings (SSSR count). The van der Waals surface area contributed by atoms with E-state index >= 15 is 0 Å². The number of amides is 1. The highest BCUT2D eigenvalue weighted by Crippen LogP contribution is 2.34. The van der Waals surface area contributed by atoms with Gasteiger partial charge in [0.15, 0.2) is 0 Å². The van der Waals surface area contributed by atoms with E-state index in [9.17, 15) is 9.18 Å². The van der Waals surface area contributed by atoms with E-state index < -0.39 is 6.04 Å². The van der Waals surface area contributed by atoms with Crippen LogP contribution in [0.25, 0.3) is 11.3 Å². The molecule has 1 amide bonds. The Balaban J connectivity index is 1.70. The molecule has 8 heteroatoms. The van der Waals surface area contributed by atoms with Crippen LogP contribution in [0.4, 0.5) is 15.9 Å². The second-order valence-electron chi connectivity index (χ2n) is 9.12. The lowest BCUT2D eigenvalue weighted by molar-refractivity contribution is -0.136. The van der Waals surface area contributed by atoms with Crippen molar-refractivity contribution in [2.24, 2.45) is 11.1 Å². The van der Waals surface area contributed by atoms with Crippen LogP contribution in [0.2, 0.25) is 5.02 Å². The first kappa shape index (κ1) is 22.3. The van der Waals surface area contributed by atoms with Crippen molar-refractivity contribution in [2.75, 3.05) is 11.9 Å². The van der Waals surface area contributed by atoms with Gasteiger partial charge in [-0.2, -0.15) is 0 Å². The van der Waals surface area contributed by atoms with Gasteiger partial charge in [0.05, 0.1) is 12.6 Å². The minimum absolute atomic E-state index is 0.0812.